The minimum atomic E-state index is -2.77. The Morgan fingerprint density at radius 1 is 1.20 bits per heavy atom. The summed E-state index contributed by atoms with van der Waals surface area (Å²) in [4.78, 5) is 0. The average Bonchev–Trinajstić information content (AvgIpc) is 2.70. The molecule has 1 fully saturated rings. The average molecular weight is 295 g/mol. The first-order chi connectivity index (χ1) is 9.28. The second-order valence-corrected chi connectivity index (χ2v) is 8.42. The Balaban J connectivity index is 1.99. The highest BCUT2D eigenvalue weighted by Gasteiger charge is 2.27. The van der Waals surface area contributed by atoms with E-state index in [1.54, 1.807) is 0 Å². The van der Waals surface area contributed by atoms with E-state index in [4.69, 9.17) is 0 Å². The van der Waals surface area contributed by atoms with Crippen LogP contribution in [0.25, 0.3) is 0 Å². The van der Waals surface area contributed by atoms with Gasteiger partial charge in [0.1, 0.15) is 0 Å². The first-order valence-corrected chi connectivity index (χ1v) is 9.12. The lowest BCUT2D eigenvalue weighted by Crippen LogP contribution is -2.27. The Kier molecular flexibility index (Phi) is 4.55. The van der Waals surface area contributed by atoms with Crippen molar-refractivity contribution in [2.24, 2.45) is 5.92 Å². The molecule has 20 heavy (non-hydrogen) atoms. The number of rotatable bonds is 4. The largest absolute Gasteiger partial charge is 0.310 e. The number of aryl methyl sites for hydroxylation is 3. The molecule has 4 heteroatoms. The number of nitrogens with one attached hydrogen (secondary N) is 1. The van der Waals surface area contributed by atoms with E-state index in [1.165, 1.54) is 22.3 Å². The molecule has 0 aromatic heterocycles. The number of benzene rings is 1. The van der Waals surface area contributed by atoms with Crippen LogP contribution in [0.1, 0.15) is 41.6 Å². The molecule has 0 amide bonds. The molecule has 1 aliphatic heterocycles. The van der Waals surface area contributed by atoms with E-state index in [9.17, 15) is 8.42 Å². The van der Waals surface area contributed by atoms with Crippen molar-refractivity contribution in [1.82, 2.24) is 5.32 Å². The zero-order valence-corrected chi connectivity index (χ0v) is 13.7. The molecule has 0 spiro atoms. The maximum absolute atomic E-state index is 11.5. The fourth-order valence-electron chi connectivity index (χ4n) is 2.94. The Morgan fingerprint density at radius 2 is 1.85 bits per heavy atom. The van der Waals surface area contributed by atoms with Gasteiger partial charge >= 0.3 is 0 Å². The van der Waals surface area contributed by atoms with Gasteiger partial charge in [-0.3, -0.25) is 0 Å². The van der Waals surface area contributed by atoms with E-state index < -0.39 is 9.84 Å². The SMILES string of the molecule is Cc1cc(C)c(C(C)NCC2CCS(=O)(=O)C2)cc1C. The van der Waals surface area contributed by atoms with Crippen molar-refractivity contribution in [3.8, 4) is 0 Å². The maximum atomic E-state index is 11.5. The van der Waals surface area contributed by atoms with Crippen LogP contribution in [0, 0.1) is 26.7 Å². The fourth-order valence-corrected chi connectivity index (χ4v) is 4.80. The Bertz CT molecular complexity index is 593. The molecule has 1 saturated heterocycles. The summed E-state index contributed by atoms with van der Waals surface area (Å²) < 4.78 is 22.9. The van der Waals surface area contributed by atoms with Crippen LogP contribution in [0.5, 0.6) is 0 Å². The zero-order valence-electron chi connectivity index (χ0n) is 12.9. The van der Waals surface area contributed by atoms with E-state index >= 15 is 0 Å². The van der Waals surface area contributed by atoms with Gasteiger partial charge in [0, 0.05) is 6.04 Å². The Morgan fingerprint density at radius 3 is 2.45 bits per heavy atom. The predicted octanol–water partition coefficient (Wildman–Crippen LogP) is 2.70. The number of sulfone groups is 1. The van der Waals surface area contributed by atoms with Gasteiger partial charge in [-0.25, -0.2) is 8.42 Å². The summed E-state index contributed by atoms with van der Waals surface area (Å²) in [5.74, 6) is 0.976. The molecule has 112 valence electrons. The van der Waals surface area contributed by atoms with Gasteiger partial charge in [0.05, 0.1) is 11.5 Å². The van der Waals surface area contributed by atoms with E-state index in [0.29, 0.717) is 11.5 Å². The van der Waals surface area contributed by atoms with Gasteiger partial charge < -0.3 is 5.32 Å². The van der Waals surface area contributed by atoms with Crippen LogP contribution in [0.3, 0.4) is 0 Å². The molecule has 0 aliphatic carbocycles. The van der Waals surface area contributed by atoms with Crippen LogP contribution in [-0.4, -0.2) is 26.5 Å². The van der Waals surface area contributed by atoms with Crippen molar-refractivity contribution in [1.29, 1.82) is 0 Å². The third-order valence-electron chi connectivity index (χ3n) is 4.39. The third-order valence-corrected chi connectivity index (χ3v) is 6.23. The zero-order chi connectivity index (χ0) is 14.9. The topological polar surface area (TPSA) is 46.2 Å². The summed E-state index contributed by atoms with van der Waals surface area (Å²) in [6.07, 6.45) is 0.800. The van der Waals surface area contributed by atoms with Gasteiger partial charge in [-0.1, -0.05) is 12.1 Å². The van der Waals surface area contributed by atoms with Crippen molar-refractivity contribution in [2.75, 3.05) is 18.1 Å². The van der Waals surface area contributed by atoms with Crippen molar-refractivity contribution in [3.63, 3.8) is 0 Å². The van der Waals surface area contributed by atoms with Gasteiger partial charge in [0.2, 0.25) is 0 Å². The van der Waals surface area contributed by atoms with Crippen LogP contribution in [0.2, 0.25) is 0 Å². The van der Waals surface area contributed by atoms with E-state index in [2.05, 4.69) is 45.1 Å². The van der Waals surface area contributed by atoms with Crippen LogP contribution in [0.4, 0.5) is 0 Å². The lowest BCUT2D eigenvalue weighted by Gasteiger charge is -2.20. The predicted molar refractivity (Wildman–Crippen MR) is 83.8 cm³/mol. The lowest BCUT2D eigenvalue weighted by molar-refractivity contribution is 0.475. The van der Waals surface area contributed by atoms with Crippen LogP contribution < -0.4 is 5.32 Å². The molecule has 1 heterocycles. The monoisotopic (exact) mass is 295 g/mol. The van der Waals surface area contributed by atoms with Crippen LogP contribution >= 0.6 is 0 Å². The third kappa shape index (κ3) is 3.61. The summed E-state index contributed by atoms with van der Waals surface area (Å²) >= 11 is 0. The second-order valence-electron chi connectivity index (χ2n) is 6.19. The van der Waals surface area contributed by atoms with Gasteiger partial charge in [-0.2, -0.15) is 0 Å². The fraction of sp³-hybridized carbons (Fsp3) is 0.625. The van der Waals surface area contributed by atoms with Crippen molar-refractivity contribution in [3.05, 3.63) is 34.4 Å². The molecule has 1 N–H and O–H groups in total. The van der Waals surface area contributed by atoms with Gasteiger partial charge in [-0.05, 0) is 68.8 Å². The van der Waals surface area contributed by atoms with Gasteiger partial charge in [0.25, 0.3) is 0 Å². The van der Waals surface area contributed by atoms with Crippen LogP contribution in [-0.2, 0) is 9.84 Å². The molecular formula is C16H25NO2S. The van der Waals surface area contributed by atoms with E-state index in [0.717, 1.165) is 13.0 Å². The molecule has 2 unspecified atom stereocenters. The van der Waals surface area contributed by atoms with Gasteiger partial charge in [-0.15, -0.1) is 0 Å². The highest BCUT2D eigenvalue weighted by Crippen LogP contribution is 2.23. The van der Waals surface area contributed by atoms with Gasteiger partial charge in [0.15, 0.2) is 9.84 Å². The molecular weight excluding hydrogens is 270 g/mol. The number of hydrogen-bond donors (Lipinski definition) is 1. The number of hydrogen-bond acceptors (Lipinski definition) is 3. The molecule has 2 atom stereocenters. The lowest BCUT2D eigenvalue weighted by atomic mass is 9.96. The Hall–Kier alpha value is -0.870. The highest BCUT2D eigenvalue weighted by atomic mass is 32.2. The molecule has 0 radical (unpaired) electrons. The smallest absolute Gasteiger partial charge is 0.150 e. The quantitative estimate of drug-likeness (QED) is 0.929. The van der Waals surface area contributed by atoms with E-state index in [-0.39, 0.29) is 12.0 Å². The molecule has 0 bridgehead atoms. The molecule has 3 nitrogen and oxygen atoms in total. The first kappa shape index (κ1) is 15.5. The summed E-state index contributed by atoms with van der Waals surface area (Å²) in [7, 11) is -2.77. The Labute approximate surface area is 122 Å². The van der Waals surface area contributed by atoms with Crippen molar-refractivity contribution in [2.45, 2.75) is 40.2 Å². The normalized spacial score (nSPS) is 22.9. The minimum absolute atomic E-state index is 0.262. The van der Waals surface area contributed by atoms with Crippen molar-refractivity contribution < 1.29 is 8.42 Å². The standard InChI is InChI=1S/C16H25NO2S/c1-11-7-13(3)16(8-12(11)2)14(4)17-9-15-5-6-20(18,19)10-15/h7-8,14-15,17H,5-6,9-10H2,1-4H3. The van der Waals surface area contributed by atoms with Crippen LogP contribution in [0.15, 0.2) is 12.1 Å². The minimum Gasteiger partial charge on any atom is -0.310 e. The molecule has 2 rings (SSSR count). The summed E-state index contributed by atoms with van der Waals surface area (Å²) in [6, 6.07) is 4.73. The second kappa shape index (κ2) is 5.86. The summed E-state index contributed by atoms with van der Waals surface area (Å²) in [5.41, 5.74) is 5.24. The summed E-state index contributed by atoms with van der Waals surface area (Å²) in [6.45, 7) is 9.34. The maximum Gasteiger partial charge on any atom is 0.150 e. The van der Waals surface area contributed by atoms with Crippen molar-refractivity contribution >= 4 is 9.84 Å². The molecule has 1 aromatic carbocycles. The highest BCUT2D eigenvalue weighted by molar-refractivity contribution is 7.91. The van der Waals surface area contributed by atoms with E-state index in [1.807, 2.05) is 0 Å². The molecule has 1 aromatic rings. The molecule has 1 aliphatic rings. The first-order valence-electron chi connectivity index (χ1n) is 7.30. The molecule has 0 saturated carbocycles. The summed E-state index contributed by atoms with van der Waals surface area (Å²) in [5, 5.41) is 3.50.